The van der Waals surface area contributed by atoms with Gasteiger partial charge in [-0.05, 0) is 49.1 Å². The third-order valence-electron chi connectivity index (χ3n) is 6.17. The molecular formula is C27H31N3O5. The molecule has 8 heteroatoms. The highest BCUT2D eigenvalue weighted by Gasteiger charge is 2.28. The first kappa shape index (κ1) is 24.3. The second-order valence-corrected chi connectivity index (χ2v) is 8.59. The van der Waals surface area contributed by atoms with E-state index >= 15 is 0 Å². The summed E-state index contributed by atoms with van der Waals surface area (Å²) in [5.74, 6) is 1.51. The van der Waals surface area contributed by atoms with Crippen LogP contribution in [0.1, 0.15) is 47.5 Å². The minimum atomic E-state index is -0.306. The summed E-state index contributed by atoms with van der Waals surface area (Å²) >= 11 is 0. The van der Waals surface area contributed by atoms with E-state index < -0.39 is 0 Å². The molecule has 1 aliphatic carbocycles. The van der Waals surface area contributed by atoms with Crippen LogP contribution in [0.2, 0.25) is 0 Å². The van der Waals surface area contributed by atoms with Crippen molar-refractivity contribution in [1.29, 1.82) is 0 Å². The van der Waals surface area contributed by atoms with E-state index in [1.807, 2.05) is 54.6 Å². The molecule has 2 amide bonds. The lowest BCUT2D eigenvalue weighted by atomic mass is 10.1. The summed E-state index contributed by atoms with van der Waals surface area (Å²) in [6.45, 7) is 0.679. The molecule has 35 heavy (non-hydrogen) atoms. The zero-order valence-corrected chi connectivity index (χ0v) is 19.9. The summed E-state index contributed by atoms with van der Waals surface area (Å²) in [5, 5.41) is 6.79. The first-order chi connectivity index (χ1) is 17.1. The first-order valence-electron chi connectivity index (χ1n) is 12.0. The highest BCUT2D eigenvalue weighted by atomic mass is 16.5. The largest absolute Gasteiger partial charge is 0.497 e. The second-order valence-electron chi connectivity index (χ2n) is 8.59. The standard InChI is InChI=1S/C27H31N3O5/c1-33-22-13-11-20(12-14-22)15-16-28-27(32)25-17-24(35-29-25)18-30(21-7-5-6-8-21)26(31)19-34-23-9-3-2-4-10-23/h2-4,9-14,17,21H,5-8,15-16,18-19H2,1H3,(H,28,32). The van der Waals surface area contributed by atoms with Gasteiger partial charge in [0.05, 0.1) is 13.7 Å². The molecule has 0 atom stereocenters. The Morgan fingerprint density at radius 1 is 1.06 bits per heavy atom. The van der Waals surface area contributed by atoms with Gasteiger partial charge in [-0.1, -0.05) is 48.3 Å². The number of methoxy groups -OCH3 is 1. The highest BCUT2D eigenvalue weighted by molar-refractivity contribution is 5.92. The molecule has 1 heterocycles. The van der Waals surface area contributed by atoms with E-state index in [-0.39, 0.29) is 36.7 Å². The van der Waals surface area contributed by atoms with E-state index in [1.54, 1.807) is 18.1 Å². The fourth-order valence-corrected chi connectivity index (χ4v) is 4.25. The summed E-state index contributed by atoms with van der Waals surface area (Å²) in [7, 11) is 1.63. The quantitative estimate of drug-likeness (QED) is 0.449. The Kier molecular flexibility index (Phi) is 8.38. The third-order valence-corrected chi connectivity index (χ3v) is 6.17. The average Bonchev–Trinajstić information content (AvgIpc) is 3.59. The van der Waals surface area contributed by atoms with Gasteiger partial charge in [-0.25, -0.2) is 0 Å². The van der Waals surface area contributed by atoms with Crippen LogP contribution in [-0.4, -0.2) is 48.2 Å². The summed E-state index contributed by atoms with van der Waals surface area (Å²) in [4.78, 5) is 27.3. The number of rotatable bonds is 11. The fourth-order valence-electron chi connectivity index (χ4n) is 4.25. The van der Waals surface area contributed by atoms with Crippen LogP contribution in [0.5, 0.6) is 11.5 Å². The van der Waals surface area contributed by atoms with Crippen molar-refractivity contribution >= 4 is 11.8 Å². The monoisotopic (exact) mass is 477 g/mol. The lowest BCUT2D eigenvalue weighted by Gasteiger charge is -2.28. The molecule has 2 aromatic carbocycles. The Hall–Kier alpha value is -3.81. The predicted octanol–water partition coefficient (Wildman–Crippen LogP) is 4.01. The van der Waals surface area contributed by atoms with Crippen LogP contribution in [-0.2, 0) is 17.8 Å². The van der Waals surface area contributed by atoms with Gasteiger partial charge < -0.3 is 24.2 Å². The van der Waals surface area contributed by atoms with Crippen molar-refractivity contribution in [3.63, 3.8) is 0 Å². The average molecular weight is 478 g/mol. The van der Waals surface area contributed by atoms with E-state index in [2.05, 4.69) is 10.5 Å². The van der Waals surface area contributed by atoms with E-state index in [1.165, 1.54) is 0 Å². The van der Waals surface area contributed by atoms with E-state index in [4.69, 9.17) is 14.0 Å². The molecule has 0 radical (unpaired) electrons. The van der Waals surface area contributed by atoms with E-state index in [0.717, 1.165) is 37.0 Å². The molecule has 184 valence electrons. The van der Waals surface area contributed by atoms with Crippen molar-refractivity contribution in [3.8, 4) is 11.5 Å². The van der Waals surface area contributed by atoms with Crippen molar-refractivity contribution in [2.45, 2.75) is 44.7 Å². The zero-order chi connectivity index (χ0) is 24.5. The minimum absolute atomic E-state index is 0.0483. The van der Waals surface area contributed by atoms with Crippen LogP contribution in [0.3, 0.4) is 0 Å². The van der Waals surface area contributed by atoms with Gasteiger partial charge in [-0.3, -0.25) is 9.59 Å². The van der Waals surface area contributed by atoms with Gasteiger partial charge in [0, 0.05) is 18.7 Å². The number of nitrogens with zero attached hydrogens (tertiary/aromatic N) is 2. The molecule has 1 saturated carbocycles. The van der Waals surface area contributed by atoms with Crippen LogP contribution in [0, 0.1) is 0 Å². The normalized spacial score (nSPS) is 13.4. The SMILES string of the molecule is COc1ccc(CCNC(=O)c2cc(CN(C(=O)COc3ccccc3)C3CCCC3)on2)cc1. The van der Waals surface area contributed by atoms with Gasteiger partial charge in [0.25, 0.3) is 11.8 Å². The lowest BCUT2D eigenvalue weighted by Crippen LogP contribution is -2.41. The van der Waals surface area contributed by atoms with Crippen LogP contribution < -0.4 is 14.8 Å². The topological polar surface area (TPSA) is 93.9 Å². The molecule has 1 aromatic heterocycles. The Bertz CT molecular complexity index is 1090. The molecule has 0 spiro atoms. The number of carbonyl (C=O) groups is 2. The zero-order valence-electron chi connectivity index (χ0n) is 19.9. The van der Waals surface area contributed by atoms with Crippen molar-refractivity contribution in [2.75, 3.05) is 20.3 Å². The van der Waals surface area contributed by atoms with Crippen LogP contribution in [0.15, 0.2) is 65.2 Å². The maximum atomic E-state index is 13.0. The molecule has 1 N–H and O–H groups in total. The number of aromatic nitrogens is 1. The number of para-hydroxylation sites is 1. The summed E-state index contributed by atoms with van der Waals surface area (Å²) < 4.78 is 16.3. The van der Waals surface area contributed by atoms with Crippen molar-refractivity contribution < 1.29 is 23.6 Å². The van der Waals surface area contributed by atoms with Gasteiger partial charge in [-0.15, -0.1) is 0 Å². The van der Waals surface area contributed by atoms with Crippen LogP contribution >= 0.6 is 0 Å². The van der Waals surface area contributed by atoms with Crippen molar-refractivity contribution in [3.05, 3.63) is 77.7 Å². The molecule has 4 rings (SSSR count). The Morgan fingerprint density at radius 2 is 1.80 bits per heavy atom. The summed E-state index contributed by atoms with van der Waals surface area (Å²) in [6, 6.07) is 18.7. The first-order valence-corrected chi connectivity index (χ1v) is 12.0. The predicted molar refractivity (Wildman–Crippen MR) is 130 cm³/mol. The molecule has 1 aliphatic rings. The number of nitrogens with one attached hydrogen (secondary N) is 1. The minimum Gasteiger partial charge on any atom is -0.497 e. The van der Waals surface area contributed by atoms with Gasteiger partial charge >= 0.3 is 0 Å². The van der Waals surface area contributed by atoms with E-state index in [0.29, 0.717) is 24.5 Å². The number of ether oxygens (including phenoxy) is 2. The molecule has 0 aliphatic heterocycles. The summed E-state index contributed by atoms with van der Waals surface area (Å²) in [5.41, 5.74) is 1.30. The van der Waals surface area contributed by atoms with Gasteiger partial charge in [0.2, 0.25) is 0 Å². The third kappa shape index (κ3) is 6.85. The molecule has 0 bridgehead atoms. The second kappa shape index (κ2) is 12.1. The molecule has 8 nitrogen and oxygen atoms in total. The van der Waals surface area contributed by atoms with E-state index in [9.17, 15) is 9.59 Å². The maximum Gasteiger partial charge on any atom is 0.273 e. The summed E-state index contributed by atoms with van der Waals surface area (Å²) in [6.07, 6.45) is 4.76. The van der Waals surface area contributed by atoms with Crippen molar-refractivity contribution in [2.24, 2.45) is 0 Å². The van der Waals surface area contributed by atoms with Crippen molar-refractivity contribution in [1.82, 2.24) is 15.4 Å². The highest BCUT2D eigenvalue weighted by Crippen LogP contribution is 2.25. The van der Waals surface area contributed by atoms with Crippen LogP contribution in [0.4, 0.5) is 0 Å². The maximum absolute atomic E-state index is 13.0. The molecule has 1 fully saturated rings. The molecule has 3 aromatic rings. The molecule has 0 unspecified atom stereocenters. The Morgan fingerprint density at radius 3 is 2.51 bits per heavy atom. The number of amides is 2. The van der Waals surface area contributed by atoms with Gasteiger partial charge in [0.1, 0.15) is 11.5 Å². The molecular weight excluding hydrogens is 446 g/mol. The Labute approximate surface area is 205 Å². The number of carbonyl (C=O) groups excluding carboxylic acids is 2. The van der Waals surface area contributed by atoms with Crippen LogP contribution in [0.25, 0.3) is 0 Å². The smallest absolute Gasteiger partial charge is 0.273 e. The fraction of sp³-hybridized carbons (Fsp3) is 0.370. The number of hydrogen-bond acceptors (Lipinski definition) is 6. The number of hydrogen-bond donors (Lipinski definition) is 1. The lowest BCUT2D eigenvalue weighted by molar-refractivity contribution is -0.136. The number of benzene rings is 2. The Balaban J connectivity index is 1.31. The van der Waals surface area contributed by atoms with Gasteiger partial charge in [-0.2, -0.15) is 0 Å². The molecule has 0 saturated heterocycles. The van der Waals surface area contributed by atoms with Gasteiger partial charge in [0.15, 0.2) is 18.1 Å².